The molecule has 1 N–H and O–H groups in total. The summed E-state index contributed by atoms with van der Waals surface area (Å²) in [7, 11) is 0. The van der Waals surface area contributed by atoms with Crippen LogP contribution in [0.4, 0.5) is 10.1 Å². The number of anilines is 1. The van der Waals surface area contributed by atoms with Crippen molar-refractivity contribution in [2.45, 2.75) is 13.8 Å². The molecule has 0 heterocycles. The lowest BCUT2D eigenvalue weighted by Gasteiger charge is -2.06. The standard InChI is InChI=1S/C11H14FN/c1-8(2)7-13-11-5-9(3)4-10(12)6-11/h4-6,13H,1,7H2,2-3H3. The fourth-order valence-corrected chi connectivity index (χ4v) is 1.09. The van der Waals surface area contributed by atoms with E-state index in [-0.39, 0.29) is 5.82 Å². The highest BCUT2D eigenvalue weighted by atomic mass is 19.1. The van der Waals surface area contributed by atoms with Crippen LogP contribution in [0.25, 0.3) is 0 Å². The highest BCUT2D eigenvalue weighted by molar-refractivity contribution is 5.46. The van der Waals surface area contributed by atoms with Crippen molar-refractivity contribution < 1.29 is 4.39 Å². The molecular formula is C11H14FN. The van der Waals surface area contributed by atoms with E-state index in [0.717, 1.165) is 16.8 Å². The molecule has 70 valence electrons. The molecule has 0 aromatic heterocycles. The largest absolute Gasteiger partial charge is 0.381 e. The summed E-state index contributed by atoms with van der Waals surface area (Å²) < 4.78 is 12.9. The van der Waals surface area contributed by atoms with E-state index < -0.39 is 0 Å². The smallest absolute Gasteiger partial charge is 0.125 e. The molecule has 0 spiro atoms. The Morgan fingerprint density at radius 3 is 2.69 bits per heavy atom. The van der Waals surface area contributed by atoms with Crippen LogP contribution in [-0.2, 0) is 0 Å². The molecule has 0 fully saturated rings. The van der Waals surface area contributed by atoms with Crippen LogP contribution in [0.1, 0.15) is 12.5 Å². The van der Waals surface area contributed by atoms with Gasteiger partial charge >= 0.3 is 0 Å². The zero-order valence-corrected chi connectivity index (χ0v) is 8.02. The van der Waals surface area contributed by atoms with Crippen molar-refractivity contribution in [2.75, 3.05) is 11.9 Å². The summed E-state index contributed by atoms with van der Waals surface area (Å²) in [5.41, 5.74) is 2.76. The predicted octanol–water partition coefficient (Wildman–Crippen LogP) is 3.12. The van der Waals surface area contributed by atoms with Crippen molar-refractivity contribution in [3.63, 3.8) is 0 Å². The van der Waals surface area contributed by atoms with Gasteiger partial charge in [0.15, 0.2) is 0 Å². The van der Waals surface area contributed by atoms with Crippen LogP contribution < -0.4 is 5.32 Å². The van der Waals surface area contributed by atoms with Crippen LogP contribution in [0.2, 0.25) is 0 Å². The third-order valence-electron chi connectivity index (χ3n) is 1.64. The van der Waals surface area contributed by atoms with Gasteiger partial charge in [-0.15, -0.1) is 0 Å². The first-order chi connectivity index (χ1) is 6.08. The molecule has 1 aromatic carbocycles. The molecule has 0 bridgehead atoms. The minimum absolute atomic E-state index is 0.204. The Hall–Kier alpha value is -1.31. The molecule has 0 aliphatic heterocycles. The minimum atomic E-state index is -0.204. The van der Waals surface area contributed by atoms with Crippen molar-refractivity contribution in [3.05, 3.63) is 41.7 Å². The average Bonchev–Trinajstić information content (AvgIpc) is 1.99. The molecule has 2 heteroatoms. The van der Waals surface area contributed by atoms with Crippen molar-refractivity contribution >= 4 is 5.69 Å². The summed E-state index contributed by atoms with van der Waals surface area (Å²) in [5, 5.41) is 3.09. The number of hydrogen-bond donors (Lipinski definition) is 1. The maximum atomic E-state index is 12.9. The summed E-state index contributed by atoms with van der Waals surface area (Å²) in [6, 6.07) is 4.90. The highest BCUT2D eigenvalue weighted by Crippen LogP contribution is 2.13. The third-order valence-corrected chi connectivity index (χ3v) is 1.64. The second-order valence-corrected chi connectivity index (χ2v) is 3.33. The minimum Gasteiger partial charge on any atom is -0.381 e. The maximum Gasteiger partial charge on any atom is 0.125 e. The summed E-state index contributed by atoms with van der Waals surface area (Å²) in [6.45, 7) is 8.24. The van der Waals surface area contributed by atoms with E-state index in [4.69, 9.17) is 0 Å². The Bertz CT molecular complexity index is 298. The first-order valence-corrected chi connectivity index (χ1v) is 4.23. The summed E-state index contributed by atoms with van der Waals surface area (Å²) >= 11 is 0. The van der Waals surface area contributed by atoms with Gasteiger partial charge in [-0.25, -0.2) is 4.39 Å². The van der Waals surface area contributed by atoms with Gasteiger partial charge in [0.1, 0.15) is 5.82 Å². The van der Waals surface area contributed by atoms with E-state index in [2.05, 4.69) is 11.9 Å². The monoisotopic (exact) mass is 179 g/mol. The number of hydrogen-bond acceptors (Lipinski definition) is 1. The second kappa shape index (κ2) is 4.08. The topological polar surface area (TPSA) is 12.0 Å². The maximum absolute atomic E-state index is 12.9. The summed E-state index contributed by atoms with van der Waals surface area (Å²) in [5.74, 6) is -0.204. The first kappa shape index (κ1) is 9.78. The Kier molecular flexibility index (Phi) is 3.07. The van der Waals surface area contributed by atoms with E-state index in [1.54, 1.807) is 0 Å². The molecule has 0 saturated heterocycles. The fourth-order valence-electron chi connectivity index (χ4n) is 1.09. The van der Waals surface area contributed by atoms with Gasteiger partial charge in [-0.1, -0.05) is 12.2 Å². The lowest BCUT2D eigenvalue weighted by molar-refractivity contribution is 0.627. The summed E-state index contributed by atoms with van der Waals surface area (Å²) in [4.78, 5) is 0. The predicted molar refractivity (Wildman–Crippen MR) is 54.4 cm³/mol. The molecule has 13 heavy (non-hydrogen) atoms. The van der Waals surface area contributed by atoms with Gasteiger partial charge in [0.2, 0.25) is 0 Å². The third kappa shape index (κ3) is 3.28. The SMILES string of the molecule is C=C(C)CNc1cc(C)cc(F)c1. The number of rotatable bonds is 3. The zero-order valence-electron chi connectivity index (χ0n) is 8.02. The molecule has 1 nitrogen and oxygen atoms in total. The molecular weight excluding hydrogens is 165 g/mol. The normalized spacial score (nSPS) is 9.77. The van der Waals surface area contributed by atoms with Crippen LogP contribution in [-0.4, -0.2) is 6.54 Å². The number of benzene rings is 1. The fraction of sp³-hybridized carbons (Fsp3) is 0.273. The molecule has 0 radical (unpaired) electrons. The van der Waals surface area contributed by atoms with Gasteiger partial charge in [-0.05, 0) is 37.6 Å². The van der Waals surface area contributed by atoms with E-state index in [0.29, 0.717) is 6.54 Å². The van der Waals surface area contributed by atoms with Crippen molar-refractivity contribution in [1.29, 1.82) is 0 Å². The van der Waals surface area contributed by atoms with Gasteiger partial charge in [0, 0.05) is 12.2 Å². The molecule has 1 aromatic rings. The number of nitrogens with one attached hydrogen (secondary N) is 1. The molecule has 0 unspecified atom stereocenters. The Balaban J connectivity index is 2.71. The second-order valence-electron chi connectivity index (χ2n) is 3.33. The Morgan fingerprint density at radius 1 is 1.46 bits per heavy atom. The highest BCUT2D eigenvalue weighted by Gasteiger charge is 1.96. The van der Waals surface area contributed by atoms with Crippen LogP contribution in [0.3, 0.4) is 0 Å². The van der Waals surface area contributed by atoms with Crippen LogP contribution >= 0.6 is 0 Å². The molecule has 0 atom stereocenters. The van der Waals surface area contributed by atoms with Gasteiger partial charge in [0.05, 0.1) is 0 Å². The lowest BCUT2D eigenvalue weighted by Crippen LogP contribution is -2.02. The molecule has 0 amide bonds. The van der Waals surface area contributed by atoms with Gasteiger partial charge in [-0.2, -0.15) is 0 Å². The van der Waals surface area contributed by atoms with Crippen molar-refractivity contribution in [2.24, 2.45) is 0 Å². The molecule has 0 saturated carbocycles. The Labute approximate surface area is 78.3 Å². The average molecular weight is 179 g/mol. The molecule has 0 aliphatic carbocycles. The Morgan fingerprint density at radius 2 is 2.15 bits per heavy atom. The molecule has 1 rings (SSSR count). The van der Waals surface area contributed by atoms with E-state index in [9.17, 15) is 4.39 Å². The first-order valence-electron chi connectivity index (χ1n) is 4.23. The van der Waals surface area contributed by atoms with Crippen LogP contribution in [0, 0.1) is 12.7 Å². The van der Waals surface area contributed by atoms with E-state index in [1.807, 2.05) is 19.9 Å². The quantitative estimate of drug-likeness (QED) is 0.703. The van der Waals surface area contributed by atoms with E-state index in [1.165, 1.54) is 12.1 Å². The van der Waals surface area contributed by atoms with Crippen molar-refractivity contribution in [1.82, 2.24) is 0 Å². The lowest BCUT2D eigenvalue weighted by atomic mass is 10.2. The van der Waals surface area contributed by atoms with Crippen LogP contribution in [0.15, 0.2) is 30.4 Å². The number of aryl methyl sites for hydroxylation is 1. The van der Waals surface area contributed by atoms with Gasteiger partial charge < -0.3 is 5.32 Å². The van der Waals surface area contributed by atoms with Crippen molar-refractivity contribution in [3.8, 4) is 0 Å². The van der Waals surface area contributed by atoms with Crippen LogP contribution in [0.5, 0.6) is 0 Å². The molecule has 0 aliphatic rings. The zero-order chi connectivity index (χ0) is 9.84. The number of halogens is 1. The summed E-state index contributed by atoms with van der Waals surface area (Å²) in [6.07, 6.45) is 0. The van der Waals surface area contributed by atoms with Gasteiger partial charge in [0.25, 0.3) is 0 Å². The van der Waals surface area contributed by atoms with E-state index >= 15 is 0 Å². The van der Waals surface area contributed by atoms with Gasteiger partial charge in [-0.3, -0.25) is 0 Å².